The molecule has 1 fully saturated rings. The Hall–Kier alpha value is -1.29. The van der Waals surface area contributed by atoms with Crippen LogP contribution in [0.5, 0.6) is 0 Å². The summed E-state index contributed by atoms with van der Waals surface area (Å²) in [5, 5.41) is 6.51. The molecule has 1 saturated heterocycles. The van der Waals surface area contributed by atoms with Crippen LogP contribution in [0.1, 0.15) is 12.5 Å². The SMILES string of the molecule is FC1CNCC[C@@H]1n1c2ccc(Cl)cc2c2cc(Cl)ccc21. The van der Waals surface area contributed by atoms with Crippen LogP contribution < -0.4 is 5.32 Å². The monoisotopic (exact) mass is 336 g/mol. The Balaban J connectivity index is 2.06. The maximum atomic E-state index is 14.5. The van der Waals surface area contributed by atoms with Crippen molar-refractivity contribution in [1.29, 1.82) is 0 Å². The number of alkyl halides is 1. The van der Waals surface area contributed by atoms with Crippen molar-refractivity contribution in [2.45, 2.75) is 18.6 Å². The van der Waals surface area contributed by atoms with Gasteiger partial charge in [-0.05, 0) is 49.4 Å². The number of halogens is 3. The largest absolute Gasteiger partial charge is 0.334 e. The van der Waals surface area contributed by atoms with Crippen LogP contribution in [0.15, 0.2) is 36.4 Å². The minimum absolute atomic E-state index is 0.163. The van der Waals surface area contributed by atoms with E-state index < -0.39 is 6.17 Å². The molecule has 1 aromatic heterocycles. The van der Waals surface area contributed by atoms with Gasteiger partial charge in [0, 0.05) is 38.4 Å². The summed E-state index contributed by atoms with van der Waals surface area (Å²) in [6.45, 7) is 1.22. The van der Waals surface area contributed by atoms with Crippen LogP contribution in [0.2, 0.25) is 10.0 Å². The zero-order chi connectivity index (χ0) is 15.3. The van der Waals surface area contributed by atoms with E-state index in [-0.39, 0.29) is 6.04 Å². The Kier molecular flexibility index (Phi) is 3.52. The fourth-order valence-electron chi connectivity index (χ4n) is 3.45. The van der Waals surface area contributed by atoms with Gasteiger partial charge in [-0.1, -0.05) is 23.2 Å². The topological polar surface area (TPSA) is 17.0 Å². The molecule has 1 N–H and O–H groups in total. The van der Waals surface area contributed by atoms with Crippen molar-refractivity contribution in [3.8, 4) is 0 Å². The fraction of sp³-hybridized carbons (Fsp3) is 0.294. The van der Waals surface area contributed by atoms with Gasteiger partial charge in [0.15, 0.2) is 0 Å². The number of fused-ring (bicyclic) bond motifs is 3. The third-order valence-corrected chi connectivity index (χ3v) is 4.90. The lowest BCUT2D eigenvalue weighted by molar-refractivity contribution is 0.190. The van der Waals surface area contributed by atoms with Gasteiger partial charge in [-0.3, -0.25) is 0 Å². The minimum Gasteiger partial charge on any atom is -0.334 e. The van der Waals surface area contributed by atoms with Crippen molar-refractivity contribution in [2.24, 2.45) is 0 Å². The Morgan fingerprint density at radius 3 is 2.14 bits per heavy atom. The number of rotatable bonds is 1. The van der Waals surface area contributed by atoms with Crippen LogP contribution in [-0.4, -0.2) is 23.8 Å². The summed E-state index contributed by atoms with van der Waals surface area (Å²) in [4.78, 5) is 0. The highest BCUT2D eigenvalue weighted by atomic mass is 35.5. The van der Waals surface area contributed by atoms with E-state index in [1.165, 1.54) is 0 Å². The van der Waals surface area contributed by atoms with Gasteiger partial charge in [-0.25, -0.2) is 4.39 Å². The first-order chi connectivity index (χ1) is 10.6. The molecule has 114 valence electrons. The van der Waals surface area contributed by atoms with E-state index in [0.29, 0.717) is 16.6 Å². The molecule has 2 heterocycles. The van der Waals surface area contributed by atoms with Crippen LogP contribution in [0.4, 0.5) is 4.39 Å². The summed E-state index contributed by atoms with van der Waals surface area (Å²) in [6, 6.07) is 11.4. The average Bonchev–Trinajstić information content (AvgIpc) is 2.81. The molecule has 0 radical (unpaired) electrons. The Morgan fingerprint density at radius 2 is 1.59 bits per heavy atom. The number of nitrogens with zero attached hydrogens (tertiary/aromatic N) is 1. The van der Waals surface area contributed by atoms with E-state index in [4.69, 9.17) is 23.2 Å². The van der Waals surface area contributed by atoms with Gasteiger partial charge in [0.25, 0.3) is 0 Å². The molecule has 4 rings (SSSR count). The zero-order valence-electron chi connectivity index (χ0n) is 11.8. The summed E-state index contributed by atoms with van der Waals surface area (Å²) in [5.41, 5.74) is 2.02. The normalized spacial score (nSPS) is 22.5. The number of hydrogen-bond donors (Lipinski definition) is 1. The summed E-state index contributed by atoms with van der Waals surface area (Å²) in [7, 11) is 0. The standard InChI is InChI=1S/C17H15Cl2FN2/c18-10-1-3-15-12(7-10)13-8-11(19)2-4-16(13)22(15)17-5-6-21-9-14(17)20/h1-4,7-8,14,17,21H,5-6,9H2/t14?,17-/m0/s1. The lowest BCUT2D eigenvalue weighted by Gasteiger charge is -2.29. The van der Waals surface area contributed by atoms with Gasteiger partial charge in [-0.15, -0.1) is 0 Å². The number of benzene rings is 2. The second-order valence-electron chi connectivity index (χ2n) is 5.77. The molecule has 2 aromatic carbocycles. The second kappa shape index (κ2) is 5.41. The average molecular weight is 337 g/mol. The van der Waals surface area contributed by atoms with E-state index in [1.54, 1.807) is 0 Å². The quantitative estimate of drug-likeness (QED) is 0.663. The van der Waals surface area contributed by atoms with E-state index in [1.807, 2.05) is 36.4 Å². The predicted molar refractivity (Wildman–Crippen MR) is 90.9 cm³/mol. The molecule has 0 amide bonds. The Morgan fingerprint density at radius 1 is 1.00 bits per heavy atom. The van der Waals surface area contributed by atoms with Crippen LogP contribution in [0.3, 0.4) is 0 Å². The molecular weight excluding hydrogens is 322 g/mol. The molecule has 1 aliphatic heterocycles. The van der Waals surface area contributed by atoms with Crippen molar-refractivity contribution in [3.05, 3.63) is 46.4 Å². The van der Waals surface area contributed by atoms with Gasteiger partial charge >= 0.3 is 0 Å². The molecule has 5 heteroatoms. The molecule has 2 nitrogen and oxygen atoms in total. The first-order valence-electron chi connectivity index (χ1n) is 7.38. The number of hydrogen-bond acceptors (Lipinski definition) is 1. The number of aromatic nitrogens is 1. The summed E-state index contributed by atoms with van der Waals surface area (Å²) >= 11 is 12.3. The van der Waals surface area contributed by atoms with E-state index in [2.05, 4.69) is 9.88 Å². The van der Waals surface area contributed by atoms with E-state index in [9.17, 15) is 4.39 Å². The highest BCUT2D eigenvalue weighted by Crippen LogP contribution is 2.37. The zero-order valence-corrected chi connectivity index (χ0v) is 13.3. The first kappa shape index (κ1) is 14.3. The maximum Gasteiger partial charge on any atom is 0.133 e. The van der Waals surface area contributed by atoms with Gasteiger partial charge in [0.05, 0.1) is 6.04 Å². The summed E-state index contributed by atoms with van der Waals surface area (Å²) in [5.74, 6) is 0. The van der Waals surface area contributed by atoms with Crippen molar-refractivity contribution in [1.82, 2.24) is 9.88 Å². The van der Waals surface area contributed by atoms with Crippen LogP contribution in [-0.2, 0) is 0 Å². The van der Waals surface area contributed by atoms with Gasteiger partial charge in [0.1, 0.15) is 6.17 Å². The number of nitrogens with one attached hydrogen (secondary N) is 1. The van der Waals surface area contributed by atoms with Crippen molar-refractivity contribution < 1.29 is 4.39 Å². The molecule has 3 aromatic rings. The summed E-state index contributed by atoms with van der Waals surface area (Å²) in [6.07, 6.45) is -0.135. The highest BCUT2D eigenvalue weighted by Gasteiger charge is 2.28. The number of piperidine rings is 1. The third-order valence-electron chi connectivity index (χ3n) is 4.43. The Bertz CT molecular complexity index is 799. The molecular formula is C17H15Cl2FN2. The van der Waals surface area contributed by atoms with Gasteiger partial charge < -0.3 is 9.88 Å². The van der Waals surface area contributed by atoms with Gasteiger partial charge in [-0.2, -0.15) is 0 Å². The second-order valence-corrected chi connectivity index (χ2v) is 6.64. The van der Waals surface area contributed by atoms with E-state index >= 15 is 0 Å². The fourth-order valence-corrected chi connectivity index (χ4v) is 3.80. The van der Waals surface area contributed by atoms with Crippen LogP contribution in [0.25, 0.3) is 21.8 Å². The molecule has 0 bridgehead atoms. The van der Waals surface area contributed by atoms with Crippen molar-refractivity contribution >= 4 is 45.0 Å². The van der Waals surface area contributed by atoms with E-state index in [0.717, 1.165) is 34.8 Å². The van der Waals surface area contributed by atoms with Crippen LogP contribution in [0, 0.1) is 0 Å². The maximum absolute atomic E-state index is 14.5. The highest BCUT2D eigenvalue weighted by molar-refractivity contribution is 6.33. The smallest absolute Gasteiger partial charge is 0.133 e. The molecule has 22 heavy (non-hydrogen) atoms. The minimum atomic E-state index is -0.904. The predicted octanol–water partition coefficient (Wildman–Crippen LogP) is 4.97. The van der Waals surface area contributed by atoms with Crippen molar-refractivity contribution in [3.63, 3.8) is 0 Å². The van der Waals surface area contributed by atoms with Crippen molar-refractivity contribution in [2.75, 3.05) is 13.1 Å². The molecule has 2 atom stereocenters. The Labute approximate surface area is 137 Å². The molecule has 1 unspecified atom stereocenters. The molecule has 0 saturated carbocycles. The molecule has 1 aliphatic rings. The molecule has 0 spiro atoms. The van der Waals surface area contributed by atoms with Gasteiger partial charge in [0.2, 0.25) is 0 Å². The lowest BCUT2D eigenvalue weighted by atomic mass is 10.0. The summed E-state index contributed by atoms with van der Waals surface area (Å²) < 4.78 is 16.6. The lowest BCUT2D eigenvalue weighted by Crippen LogP contribution is -2.39. The first-order valence-corrected chi connectivity index (χ1v) is 8.14. The van der Waals surface area contributed by atoms with Crippen LogP contribution >= 0.6 is 23.2 Å². The molecule has 0 aliphatic carbocycles. The third kappa shape index (κ3) is 2.19.